The lowest BCUT2D eigenvalue weighted by Crippen LogP contribution is -2.40. The number of aromatic nitrogens is 1. The van der Waals surface area contributed by atoms with Gasteiger partial charge in [-0.15, -0.1) is 0 Å². The summed E-state index contributed by atoms with van der Waals surface area (Å²) in [7, 11) is 0. The maximum Gasteiger partial charge on any atom is 0.0457 e. The predicted octanol–water partition coefficient (Wildman–Crippen LogP) is 3.38. The maximum absolute atomic E-state index is 3.59. The molecular weight excluding hydrogens is 258 g/mol. The molecule has 3 rings (SSSR count). The highest BCUT2D eigenvalue weighted by atomic mass is 15.1. The Labute approximate surface area is 127 Å². The van der Waals surface area contributed by atoms with Crippen LogP contribution in [0.2, 0.25) is 0 Å². The van der Waals surface area contributed by atoms with Gasteiger partial charge in [0.15, 0.2) is 0 Å². The first-order valence-electron chi connectivity index (χ1n) is 8.23. The highest BCUT2D eigenvalue weighted by Gasteiger charge is 2.20. The van der Waals surface area contributed by atoms with E-state index in [1.165, 1.54) is 42.4 Å². The minimum absolute atomic E-state index is 0.592. The molecule has 2 N–H and O–H groups in total. The largest absolute Gasteiger partial charge is 0.361 e. The van der Waals surface area contributed by atoms with E-state index in [0.717, 1.165) is 19.0 Å². The number of hydrogen-bond donors (Lipinski definition) is 2. The molecule has 2 aromatic rings. The van der Waals surface area contributed by atoms with Crippen molar-refractivity contribution in [3.8, 4) is 0 Å². The van der Waals surface area contributed by atoms with Crippen LogP contribution >= 0.6 is 0 Å². The normalized spacial score (nSPS) is 20.4. The molecular formula is C18H27N3. The van der Waals surface area contributed by atoms with Crippen LogP contribution in [0, 0.1) is 5.92 Å². The van der Waals surface area contributed by atoms with Gasteiger partial charge in [-0.05, 0) is 43.5 Å². The van der Waals surface area contributed by atoms with Crippen LogP contribution in [0.3, 0.4) is 0 Å². The summed E-state index contributed by atoms with van der Waals surface area (Å²) < 4.78 is 0. The van der Waals surface area contributed by atoms with Crippen LogP contribution in [0.25, 0.3) is 10.9 Å². The fraction of sp³-hybridized carbons (Fsp3) is 0.556. The molecule has 1 unspecified atom stereocenters. The van der Waals surface area contributed by atoms with Gasteiger partial charge in [-0.1, -0.05) is 32.0 Å². The summed E-state index contributed by atoms with van der Waals surface area (Å²) >= 11 is 0. The number of likely N-dealkylation sites (tertiary alicyclic amines) is 1. The van der Waals surface area contributed by atoms with Gasteiger partial charge in [-0.25, -0.2) is 0 Å². The van der Waals surface area contributed by atoms with Crippen molar-refractivity contribution in [2.75, 3.05) is 19.6 Å². The zero-order valence-electron chi connectivity index (χ0n) is 13.2. The quantitative estimate of drug-likeness (QED) is 0.882. The number of nitrogens with one attached hydrogen (secondary N) is 2. The summed E-state index contributed by atoms with van der Waals surface area (Å²) in [5.74, 6) is 0.798. The molecule has 3 nitrogen and oxygen atoms in total. The highest BCUT2D eigenvalue weighted by Crippen LogP contribution is 2.22. The van der Waals surface area contributed by atoms with E-state index in [4.69, 9.17) is 0 Å². The Morgan fingerprint density at radius 2 is 2.19 bits per heavy atom. The topological polar surface area (TPSA) is 31.1 Å². The van der Waals surface area contributed by atoms with E-state index in [2.05, 4.69) is 59.5 Å². The summed E-state index contributed by atoms with van der Waals surface area (Å²) in [4.78, 5) is 6.01. The Kier molecular flexibility index (Phi) is 4.61. The van der Waals surface area contributed by atoms with Gasteiger partial charge in [0.05, 0.1) is 0 Å². The molecule has 2 heterocycles. The zero-order valence-corrected chi connectivity index (χ0v) is 13.2. The van der Waals surface area contributed by atoms with Crippen LogP contribution in [-0.4, -0.2) is 35.6 Å². The lowest BCUT2D eigenvalue weighted by Gasteiger charge is -2.33. The van der Waals surface area contributed by atoms with E-state index in [1.54, 1.807) is 0 Å². The maximum atomic E-state index is 3.59. The Morgan fingerprint density at radius 1 is 1.33 bits per heavy atom. The summed E-state index contributed by atoms with van der Waals surface area (Å²) in [6.07, 6.45) is 4.87. The van der Waals surface area contributed by atoms with Crippen molar-refractivity contribution in [1.82, 2.24) is 15.2 Å². The lowest BCUT2D eigenvalue weighted by atomic mass is 9.97. The molecule has 21 heavy (non-hydrogen) atoms. The number of rotatable bonds is 5. The second kappa shape index (κ2) is 6.63. The molecule has 1 aliphatic rings. The van der Waals surface area contributed by atoms with Gasteiger partial charge in [0, 0.05) is 36.2 Å². The number of hydrogen-bond acceptors (Lipinski definition) is 2. The molecule has 0 bridgehead atoms. The predicted molar refractivity (Wildman–Crippen MR) is 89.4 cm³/mol. The molecule has 0 amide bonds. The van der Waals surface area contributed by atoms with Crippen LogP contribution in [0.4, 0.5) is 0 Å². The van der Waals surface area contributed by atoms with Crippen molar-refractivity contribution in [3.63, 3.8) is 0 Å². The van der Waals surface area contributed by atoms with Crippen molar-refractivity contribution in [1.29, 1.82) is 0 Å². The number of para-hydroxylation sites is 1. The first kappa shape index (κ1) is 14.6. The van der Waals surface area contributed by atoms with Crippen LogP contribution < -0.4 is 5.32 Å². The van der Waals surface area contributed by atoms with Gasteiger partial charge in [0.2, 0.25) is 0 Å². The number of fused-ring (bicyclic) bond motifs is 1. The van der Waals surface area contributed by atoms with E-state index in [0.29, 0.717) is 6.04 Å². The molecule has 1 aliphatic heterocycles. The second-order valence-electron chi connectivity index (χ2n) is 6.67. The second-order valence-corrected chi connectivity index (χ2v) is 6.67. The number of aromatic amines is 1. The molecule has 1 aromatic carbocycles. The molecule has 114 valence electrons. The fourth-order valence-corrected chi connectivity index (χ4v) is 3.37. The first-order chi connectivity index (χ1) is 10.2. The van der Waals surface area contributed by atoms with Gasteiger partial charge in [0.25, 0.3) is 0 Å². The van der Waals surface area contributed by atoms with E-state index < -0.39 is 0 Å². The molecule has 1 aromatic heterocycles. The molecule has 1 atom stereocenters. The van der Waals surface area contributed by atoms with Gasteiger partial charge in [-0.2, -0.15) is 0 Å². The summed E-state index contributed by atoms with van der Waals surface area (Å²) in [5, 5.41) is 4.97. The van der Waals surface area contributed by atoms with Crippen LogP contribution in [0.1, 0.15) is 32.3 Å². The third-order valence-corrected chi connectivity index (χ3v) is 4.49. The molecule has 3 heteroatoms. The van der Waals surface area contributed by atoms with Gasteiger partial charge in [0.1, 0.15) is 0 Å². The van der Waals surface area contributed by atoms with Crippen molar-refractivity contribution < 1.29 is 0 Å². The molecule has 1 saturated heterocycles. The Bertz CT molecular complexity index is 573. The monoisotopic (exact) mass is 285 g/mol. The van der Waals surface area contributed by atoms with Crippen molar-refractivity contribution in [2.45, 2.75) is 39.3 Å². The Morgan fingerprint density at radius 3 is 3.05 bits per heavy atom. The summed E-state index contributed by atoms with van der Waals surface area (Å²) in [5.41, 5.74) is 2.69. The van der Waals surface area contributed by atoms with Crippen LogP contribution in [0.15, 0.2) is 30.5 Å². The number of H-pyrrole nitrogens is 1. The Hall–Kier alpha value is -1.32. The molecule has 0 spiro atoms. The molecule has 0 aliphatic carbocycles. The van der Waals surface area contributed by atoms with Gasteiger partial charge >= 0.3 is 0 Å². The molecule has 0 radical (unpaired) electrons. The van der Waals surface area contributed by atoms with Crippen molar-refractivity contribution >= 4 is 10.9 Å². The number of nitrogens with zero attached hydrogens (tertiary/aromatic N) is 1. The minimum atomic E-state index is 0.592. The van der Waals surface area contributed by atoms with Crippen molar-refractivity contribution in [3.05, 3.63) is 36.0 Å². The van der Waals surface area contributed by atoms with Gasteiger partial charge in [-0.3, -0.25) is 4.90 Å². The lowest BCUT2D eigenvalue weighted by molar-refractivity contribution is 0.164. The van der Waals surface area contributed by atoms with E-state index >= 15 is 0 Å². The minimum Gasteiger partial charge on any atom is -0.361 e. The number of piperidine rings is 1. The first-order valence-corrected chi connectivity index (χ1v) is 8.23. The average molecular weight is 285 g/mol. The van der Waals surface area contributed by atoms with E-state index in [-0.39, 0.29) is 0 Å². The highest BCUT2D eigenvalue weighted by molar-refractivity contribution is 5.82. The molecule has 0 saturated carbocycles. The third kappa shape index (κ3) is 3.66. The smallest absolute Gasteiger partial charge is 0.0457 e. The van der Waals surface area contributed by atoms with E-state index in [1.807, 2.05) is 0 Å². The summed E-state index contributed by atoms with van der Waals surface area (Å²) in [6, 6.07) is 9.20. The zero-order chi connectivity index (χ0) is 14.7. The SMILES string of the molecule is CC(C)NCC1CCCN(Cc2c[nH]c3ccccc23)C1. The van der Waals surface area contributed by atoms with Gasteiger partial charge < -0.3 is 10.3 Å². The number of benzene rings is 1. The average Bonchev–Trinajstić information content (AvgIpc) is 2.89. The summed E-state index contributed by atoms with van der Waals surface area (Å²) in [6.45, 7) is 9.14. The fourth-order valence-electron chi connectivity index (χ4n) is 3.37. The van der Waals surface area contributed by atoms with Crippen LogP contribution in [0.5, 0.6) is 0 Å². The van der Waals surface area contributed by atoms with Crippen LogP contribution in [-0.2, 0) is 6.54 Å². The van der Waals surface area contributed by atoms with E-state index in [9.17, 15) is 0 Å². The standard InChI is InChI=1S/C18H27N3/c1-14(2)19-10-15-6-5-9-21(12-15)13-16-11-20-18-8-4-3-7-17(16)18/h3-4,7-8,11,14-15,19-20H,5-6,9-10,12-13H2,1-2H3. The molecule has 1 fully saturated rings. The van der Waals surface area contributed by atoms with Crippen molar-refractivity contribution in [2.24, 2.45) is 5.92 Å². The Balaban J connectivity index is 1.62. The third-order valence-electron chi connectivity index (χ3n) is 4.49.